The van der Waals surface area contributed by atoms with Crippen LogP contribution < -0.4 is 10.5 Å². The first-order valence-corrected chi connectivity index (χ1v) is 7.44. The van der Waals surface area contributed by atoms with Crippen LogP contribution in [0.2, 0.25) is 0 Å². The van der Waals surface area contributed by atoms with Gasteiger partial charge in [-0.1, -0.05) is 15.9 Å². The predicted octanol–water partition coefficient (Wildman–Crippen LogP) is 1.20. The van der Waals surface area contributed by atoms with Crippen LogP contribution in [0.5, 0.6) is 5.75 Å². The van der Waals surface area contributed by atoms with Crippen LogP contribution in [-0.4, -0.2) is 33.1 Å². The van der Waals surface area contributed by atoms with Crippen LogP contribution in [0.1, 0.15) is 0 Å². The van der Waals surface area contributed by atoms with Gasteiger partial charge in [-0.2, -0.15) is 0 Å². The van der Waals surface area contributed by atoms with E-state index in [0.717, 1.165) is 4.47 Å². The topological polar surface area (TPSA) is 69.4 Å². The summed E-state index contributed by atoms with van der Waals surface area (Å²) in [5, 5.41) is 0. The summed E-state index contributed by atoms with van der Waals surface area (Å²) < 4.78 is 28.9. The minimum atomic E-state index is -3.07. The monoisotopic (exact) mass is 307 g/mol. The molecule has 0 aromatic heterocycles. The molecule has 6 heteroatoms. The largest absolute Gasteiger partial charge is 0.493 e. The van der Waals surface area contributed by atoms with Crippen molar-refractivity contribution < 1.29 is 13.2 Å². The van der Waals surface area contributed by atoms with Crippen molar-refractivity contribution in [3.63, 3.8) is 0 Å². The first-order valence-electron chi connectivity index (χ1n) is 4.82. The van der Waals surface area contributed by atoms with Crippen LogP contribution in [0.3, 0.4) is 0 Å². The van der Waals surface area contributed by atoms with Crippen molar-refractivity contribution in [3.8, 4) is 5.75 Å². The van der Waals surface area contributed by atoms with Crippen LogP contribution in [0.4, 0.5) is 0 Å². The summed E-state index contributed by atoms with van der Waals surface area (Å²) in [6, 6.07) is 7.23. The number of hydrogen-bond donors (Lipinski definition) is 1. The lowest BCUT2D eigenvalue weighted by Gasteiger charge is -2.06. The number of halogens is 1. The van der Waals surface area contributed by atoms with Crippen LogP contribution in [0.25, 0.3) is 0 Å². The Morgan fingerprint density at radius 1 is 1.19 bits per heavy atom. The van der Waals surface area contributed by atoms with Gasteiger partial charge < -0.3 is 10.5 Å². The SMILES string of the molecule is NCCS(=O)(=O)CCOc1ccc(Br)cc1. The molecule has 90 valence electrons. The van der Waals surface area contributed by atoms with E-state index in [4.69, 9.17) is 10.5 Å². The fraction of sp³-hybridized carbons (Fsp3) is 0.400. The van der Waals surface area contributed by atoms with Gasteiger partial charge >= 0.3 is 0 Å². The van der Waals surface area contributed by atoms with E-state index < -0.39 is 9.84 Å². The van der Waals surface area contributed by atoms with Gasteiger partial charge in [0, 0.05) is 11.0 Å². The molecule has 0 fully saturated rings. The molecule has 1 aromatic rings. The predicted molar refractivity (Wildman–Crippen MR) is 67.3 cm³/mol. The van der Waals surface area contributed by atoms with Gasteiger partial charge in [0.2, 0.25) is 0 Å². The van der Waals surface area contributed by atoms with Crippen molar-refractivity contribution in [1.82, 2.24) is 0 Å². The number of sulfone groups is 1. The highest BCUT2D eigenvalue weighted by atomic mass is 79.9. The number of hydrogen-bond acceptors (Lipinski definition) is 4. The molecular formula is C10H14BrNO3S. The van der Waals surface area contributed by atoms with Gasteiger partial charge in [-0.25, -0.2) is 8.42 Å². The van der Waals surface area contributed by atoms with Gasteiger partial charge in [0.05, 0.1) is 11.5 Å². The van der Waals surface area contributed by atoms with Crippen LogP contribution in [0, 0.1) is 0 Å². The maximum atomic E-state index is 11.3. The molecule has 0 radical (unpaired) electrons. The highest BCUT2D eigenvalue weighted by Crippen LogP contribution is 2.15. The van der Waals surface area contributed by atoms with Crippen molar-refractivity contribution in [3.05, 3.63) is 28.7 Å². The van der Waals surface area contributed by atoms with Crippen LogP contribution in [-0.2, 0) is 9.84 Å². The third-order valence-corrected chi connectivity index (χ3v) is 4.08. The van der Waals surface area contributed by atoms with E-state index in [1.54, 1.807) is 12.1 Å². The number of benzene rings is 1. The number of nitrogens with two attached hydrogens (primary N) is 1. The van der Waals surface area contributed by atoms with Crippen LogP contribution >= 0.6 is 15.9 Å². The third-order valence-electron chi connectivity index (χ3n) is 1.91. The van der Waals surface area contributed by atoms with E-state index in [1.807, 2.05) is 12.1 Å². The molecule has 0 heterocycles. The molecule has 0 spiro atoms. The maximum absolute atomic E-state index is 11.3. The molecule has 0 atom stereocenters. The van der Waals surface area contributed by atoms with E-state index in [2.05, 4.69) is 15.9 Å². The first-order chi connectivity index (χ1) is 7.53. The second-order valence-corrected chi connectivity index (χ2v) is 6.46. The van der Waals surface area contributed by atoms with Crippen molar-refractivity contribution in [2.75, 3.05) is 24.7 Å². The average Bonchev–Trinajstić information content (AvgIpc) is 2.20. The van der Waals surface area contributed by atoms with Gasteiger partial charge in [-0.15, -0.1) is 0 Å². The summed E-state index contributed by atoms with van der Waals surface area (Å²) >= 11 is 3.30. The lowest BCUT2D eigenvalue weighted by molar-refractivity contribution is 0.341. The van der Waals surface area contributed by atoms with Crippen molar-refractivity contribution in [2.45, 2.75) is 0 Å². The van der Waals surface area contributed by atoms with E-state index in [1.165, 1.54) is 0 Å². The van der Waals surface area contributed by atoms with Gasteiger partial charge in [0.25, 0.3) is 0 Å². The molecule has 0 bridgehead atoms. The quantitative estimate of drug-likeness (QED) is 0.857. The lowest BCUT2D eigenvalue weighted by atomic mass is 10.3. The normalized spacial score (nSPS) is 11.4. The minimum Gasteiger partial charge on any atom is -0.493 e. The Labute approximate surface area is 104 Å². The zero-order valence-electron chi connectivity index (χ0n) is 8.73. The first kappa shape index (κ1) is 13.5. The van der Waals surface area contributed by atoms with E-state index >= 15 is 0 Å². The summed E-state index contributed by atoms with van der Waals surface area (Å²) in [7, 11) is -3.07. The fourth-order valence-electron chi connectivity index (χ4n) is 1.10. The molecule has 0 saturated carbocycles. The average molecular weight is 308 g/mol. The standard InChI is InChI=1S/C10H14BrNO3S/c11-9-1-3-10(4-2-9)15-6-8-16(13,14)7-5-12/h1-4H,5-8,12H2. The molecule has 1 rings (SSSR count). The zero-order valence-corrected chi connectivity index (χ0v) is 11.1. The maximum Gasteiger partial charge on any atom is 0.154 e. The molecular weight excluding hydrogens is 294 g/mol. The van der Waals surface area contributed by atoms with Crippen molar-refractivity contribution >= 4 is 25.8 Å². The van der Waals surface area contributed by atoms with Crippen molar-refractivity contribution in [2.24, 2.45) is 5.73 Å². The Balaban J connectivity index is 2.39. The Bertz CT molecular complexity index is 416. The molecule has 0 aliphatic rings. The van der Waals surface area contributed by atoms with Crippen molar-refractivity contribution in [1.29, 1.82) is 0 Å². The number of rotatable bonds is 6. The summed E-state index contributed by atoms with van der Waals surface area (Å²) in [4.78, 5) is 0. The minimum absolute atomic E-state index is 0.000262. The summed E-state index contributed by atoms with van der Waals surface area (Å²) in [6.07, 6.45) is 0. The molecule has 4 nitrogen and oxygen atoms in total. The molecule has 0 saturated heterocycles. The Hall–Kier alpha value is -0.590. The molecule has 0 unspecified atom stereocenters. The summed E-state index contributed by atoms with van der Waals surface area (Å²) in [5.41, 5.74) is 5.19. The van der Waals surface area contributed by atoms with Crippen LogP contribution in [0.15, 0.2) is 28.7 Å². The molecule has 0 amide bonds. The molecule has 1 aromatic carbocycles. The van der Waals surface area contributed by atoms with E-state index in [9.17, 15) is 8.42 Å². The summed E-state index contributed by atoms with van der Waals surface area (Å²) in [6.45, 7) is 0.310. The molecule has 2 N–H and O–H groups in total. The Kier molecular flexibility index (Phi) is 5.24. The summed E-state index contributed by atoms with van der Waals surface area (Å²) in [5.74, 6) is 0.669. The van der Waals surface area contributed by atoms with Gasteiger partial charge in [-0.05, 0) is 24.3 Å². The second kappa shape index (κ2) is 6.22. The fourth-order valence-corrected chi connectivity index (χ4v) is 2.26. The highest BCUT2D eigenvalue weighted by molar-refractivity contribution is 9.10. The smallest absolute Gasteiger partial charge is 0.154 e. The van der Waals surface area contributed by atoms with Gasteiger partial charge in [-0.3, -0.25) is 0 Å². The van der Waals surface area contributed by atoms with E-state index in [0.29, 0.717) is 5.75 Å². The molecule has 16 heavy (non-hydrogen) atoms. The van der Waals surface area contributed by atoms with Gasteiger partial charge in [0.15, 0.2) is 9.84 Å². The van der Waals surface area contributed by atoms with Gasteiger partial charge in [0.1, 0.15) is 12.4 Å². The Morgan fingerprint density at radius 2 is 1.81 bits per heavy atom. The highest BCUT2D eigenvalue weighted by Gasteiger charge is 2.09. The van der Waals surface area contributed by atoms with E-state index in [-0.39, 0.29) is 24.7 Å². The Morgan fingerprint density at radius 3 is 2.38 bits per heavy atom. The number of ether oxygens (including phenoxy) is 1. The zero-order chi connectivity index (χ0) is 12.0. The second-order valence-electron chi connectivity index (χ2n) is 3.24. The molecule has 0 aliphatic heterocycles. The lowest BCUT2D eigenvalue weighted by Crippen LogP contribution is -2.21. The molecule has 0 aliphatic carbocycles. The third kappa shape index (κ3) is 4.96.